The Balaban J connectivity index is 3.04. The zero-order chi connectivity index (χ0) is 23.4. The normalized spacial score (nSPS) is 12.8. The molecule has 0 radical (unpaired) electrons. The lowest BCUT2D eigenvalue weighted by Gasteiger charge is -2.30. The number of carbonyl (C=O) groups excluding carboxylic acids is 2. The number of amides is 3. The summed E-state index contributed by atoms with van der Waals surface area (Å²) in [5.74, 6) is -0.922. The van der Waals surface area contributed by atoms with Gasteiger partial charge in [0, 0.05) is 31.2 Å². The summed E-state index contributed by atoms with van der Waals surface area (Å²) in [5.41, 5.74) is 0.795. The number of rotatable bonds is 13. The number of halogens is 1. The largest absolute Gasteiger partial charge is 0.465 e. The summed E-state index contributed by atoms with van der Waals surface area (Å²) in [6.45, 7) is 8.35. The van der Waals surface area contributed by atoms with Gasteiger partial charge in [-0.15, -0.1) is 0 Å². The van der Waals surface area contributed by atoms with Crippen LogP contribution in [0.5, 0.6) is 0 Å². The Hall–Kier alpha value is -2.36. The van der Waals surface area contributed by atoms with Crippen molar-refractivity contribution in [1.82, 2.24) is 15.5 Å². The average molecular weight is 458 g/mol. The lowest BCUT2D eigenvalue weighted by Crippen LogP contribution is -2.55. The van der Waals surface area contributed by atoms with Crippen molar-refractivity contribution in [3.8, 4) is 0 Å². The molecule has 2 atom stereocenters. The summed E-state index contributed by atoms with van der Waals surface area (Å²) in [6.07, 6.45) is -1.69. The molecule has 1 rings (SSSR count). The Bertz CT molecular complexity index is 710. The van der Waals surface area contributed by atoms with Crippen molar-refractivity contribution in [2.24, 2.45) is 0 Å². The van der Waals surface area contributed by atoms with E-state index in [-0.39, 0.29) is 18.9 Å². The van der Waals surface area contributed by atoms with Gasteiger partial charge in [-0.25, -0.2) is 4.79 Å². The van der Waals surface area contributed by atoms with Gasteiger partial charge in [-0.05, 0) is 45.4 Å². The standard InChI is InChI=1S/C21H32ClN3O6/c1-5-25(13-18(30-6-2)31-7-3)20(27)17(12-15-8-10-16(22)11-9-15)24-19(26)14(4)23-21(28)29/h8-11,14,17-18,23H,5-7,12-13H2,1-4H3,(H,24,26)(H,28,29). The van der Waals surface area contributed by atoms with Crippen LogP contribution in [-0.2, 0) is 25.5 Å². The van der Waals surface area contributed by atoms with Gasteiger partial charge in [0.25, 0.3) is 0 Å². The van der Waals surface area contributed by atoms with Gasteiger partial charge in [-0.2, -0.15) is 0 Å². The quantitative estimate of drug-likeness (QED) is 0.391. The number of likely N-dealkylation sites (N-methyl/N-ethyl adjacent to an activating group) is 1. The van der Waals surface area contributed by atoms with Crippen LogP contribution < -0.4 is 10.6 Å². The molecule has 0 aliphatic heterocycles. The lowest BCUT2D eigenvalue weighted by atomic mass is 10.0. The number of nitrogens with one attached hydrogen (secondary N) is 2. The highest BCUT2D eigenvalue weighted by Crippen LogP contribution is 2.13. The topological polar surface area (TPSA) is 117 Å². The van der Waals surface area contributed by atoms with Crippen LogP contribution in [0.1, 0.15) is 33.3 Å². The number of carboxylic acid groups (broad SMARTS) is 1. The van der Waals surface area contributed by atoms with Crippen LogP contribution >= 0.6 is 11.6 Å². The zero-order valence-corrected chi connectivity index (χ0v) is 19.1. The van der Waals surface area contributed by atoms with Crippen molar-refractivity contribution in [2.45, 2.75) is 52.5 Å². The molecule has 174 valence electrons. The summed E-state index contributed by atoms with van der Waals surface area (Å²) in [6, 6.07) is 5.02. The van der Waals surface area contributed by atoms with Crippen LogP contribution in [0.15, 0.2) is 24.3 Å². The van der Waals surface area contributed by atoms with Crippen LogP contribution in [0.25, 0.3) is 0 Å². The first-order chi connectivity index (χ1) is 14.7. The van der Waals surface area contributed by atoms with Gasteiger partial charge >= 0.3 is 6.09 Å². The molecule has 0 spiro atoms. The molecule has 0 aliphatic rings. The van der Waals surface area contributed by atoms with E-state index >= 15 is 0 Å². The second kappa shape index (κ2) is 13.8. The highest BCUT2D eigenvalue weighted by molar-refractivity contribution is 6.30. The molecule has 31 heavy (non-hydrogen) atoms. The van der Waals surface area contributed by atoms with Gasteiger partial charge < -0.3 is 30.1 Å². The molecule has 1 aromatic carbocycles. The number of hydrogen-bond acceptors (Lipinski definition) is 5. The first kappa shape index (κ1) is 26.7. The molecular weight excluding hydrogens is 426 g/mol. The molecule has 0 saturated carbocycles. The average Bonchev–Trinajstić information content (AvgIpc) is 2.72. The molecule has 0 fully saturated rings. The Morgan fingerprint density at radius 1 is 1.06 bits per heavy atom. The Morgan fingerprint density at radius 2 is 1.65 bits per heavy atom. The Kier molecular flexibility index (Phi) is 11.9. The minimum absolute atomic E-state index is 0.201. The number of carbonyl (C=O) groups is 3. The maximum atomic E-state index is 13.3. The fraction of sp³-hybridized carbons (Fsp3) is 0.571. The van der Waals surface area contributed by atoms with E-state index in [0.29, 0.717) is 24.8 Å². The molecule has 0 saturated heterocycles. The lowest BCUT2D eigenvalue weighted by molar-refractivity contribution is -0.160. The Morgan fingerprint density at radius 3 is 2.13 bits per heavy atom. The van der Waals surface area contributed by atoms with E-state index in [4.69, 9.17) is 26.2 Å². The summed E-state index contributed by atoms with van der Waals surface area (Å²) >= 11 is 5.94. The van der Waals surface area contributed by atoms with E-state index in [1.807, 2.05) is 20.8 Å². The van der Waals surface area contributed by atoms with Gasteiger partial charge in [-0.3, -0.25) is 9.59 Å². The number of hydrogen-bond donors (Lipinski definition) is 3. The first-order valence-corrected chi connectivity index (χ1v) is 10.7. The van der Waals surface area contributed by atoms with Crippen LogP contribution in [0.4, 0.5) is 4.79 Å². The maximum absolute atomic E-state index is 13.3. The fourth-order valence-electron chi connectivity index (χ4n) is 2.90. The second-order valence-corrected chi connectivity index (χ2v) is 7.22. The third kappa shape index (κ3) is 9.54. The highest BCUT2D eigenvalue weighted by atomic mass is 35.5. The molecule has 10 heteroatoms. The predicted molar refractivity (Wildman–Crippen MR) is 117 cm³/mol. The van der Waals surface area contributed by atoms with E-state index in [2.05, 4.69) is 10.6 Å². The Labute approximate surface area is 188 Å². The van der Waals surface area contributed by atoms with E-state index in [9.17, 15) is 14.4 Å². The monoisotopic (exact) mass is 457 g/mol. The van der Waals surface area contributed by atoms with Gasteiger partial charge in [0.1, 0.15) is 12.1 Å². The second-order valence-electron chi connectivity index (χ2n) is 6.78. The van der Waals surface area contributed by atoms with Gasteiger partial charge in [0.2, 0.25) is 11.8 Å². The molecule has 9 nitrogen and oxygen atoms in total. The maximum Gasteiger partial charge on any atom is 0.405 e. The summed E-state index contributed by atoms with van der Waals surface area (Å²) < 4.78 is 11.1. The minimum Gasteiger partial charge on any atom is -0.465 e. The van der Waals surface area contributed by atoms with Gasteiger partial charge in [0.15, 0.2) is 6.29 Å². The smallest absolute Gasteiger partial charge is 0.405 e. The van der Waals surface area contributed by atoms with Crippen molar-refractivity contribution in [3.05, 3.63) is 34.9 Å². The van der Waals surface area contributed by atoms with Crippen molar-refractivity contribution in [3.63, 3.8) is 0 Å². The molecular formula is C21H32ClN3O6. The highest BCUT2D eigenvalue weighted by Gasteiger charge is 2.29. The number of ether oxygens (including phenoxy) is 2. The van der Waals surface area contributed by atoms with E-state index in [1.54, 1.807) is 29.2 Å². The molecule has 0 heterocycles. The molecule has 3 N–H and O–H groups in total. The van der Waals surface area contributed by atoms with Crippen LogP contribution in [0.3, 0.4) is 0 Å². The number of nitrogens with zero attached hydrogens (tertiary/aromatic N) is 1. The van der Waals surface area contributed by atoms with Crippen LogP contribution in [-0.4, -0.2) is 72.6 Å². The fourth-order valence-corrected chi connectivity index (χ4v) is 3.03. The zero-order valence-electron chi connectivity index (χ0n) is 18.4. The van der Waals surface area contributed by atoms with Gasteiger partial charge in [0.05, 0.1) is 6.54 Å². The SMILES string of the molecule is CCOC(CN(CC)C(=O)C(Cc1ccc(Cl)cc1)NC(=O)C(C)NC(=O)O)OCC. The number of benzene rings is 1. The molecule has 3 amide bonds. The van der Waals surface area contributed by atoms with Crippen molar-refractivity contribution < 1.29 is 29.0 Å². The van der Waals surface area contributed by atoms with E-state index in [0.717, 1.165) is 5.56 Å². The third-order valence-electron chi connectivity index (χ3n) is 4.47. The van der Waals surface area contributed by atoms with Gasteiger partial charge in [-0.1, -0.05) is 23.7 Å². The van der Waals surface area contributed by atoms with Crippen LogP contribution in [0.2, 0.25) is 5.02 Å². The van der Waals surface area contributed by atoms with E-state index in [1.165, 1.54) is 6.92 Å². The summed E-state index contributed by atoms with van der Waals surface area (Å²) in [5, 5.41) is 14.2. The molecule has 0 aliphatic carbocycles. The molecule has 0 bridgehead atoms. The van der Waals surface area contributed by atoms with Crippen molar-refractivity contribution in [2.75, 3.05) is 26.3 Å². The minimum atomic E-state index is -1.32. The predicted octanol–water partition coefficient (Wildman–Crippen LogP) is 2.27. The van der Waals surface area contributed by atoms with Crippen molar-refractivity contribution >= 4 is 29.5 Å². The summed E-state index contributed by atoms with van der Waals surface area (Å²) in [7, 11) is 0. The van der Waals surface area contributed by atoms with Crippen LogP contribution in [0, 0.1) is 0 Å². The third-order valence-corrected chi connectivity index (χ3v) is 4.72. The van der Waals surface area contributed by atoms with Crippen molar-refractivity contribution in [1.29, 1.82) is 0 Å². The van der Waals surface area contributed by atoms with E-state index < -0.39 is 30.4 Å². The summed E-state index contributed by atoms with van der Waals surface area (Å²) in [4.78, 5) is 38.2. The molecule has 0 aromatic heterocycles. The molecule has 1 aromatic rings. The first-order valence-electron chi connectivity index (χ1n) is 10.3. The molecule has 2 unspecified atom stereocenters.